The molecule has 0 saturated carbocycles. The van der Waals surface area contributed by atoms with E-state index in [1.807, 2.05) is 19.0 Å². The third-order valence-electron chi connectivity index (χ3n) is 5.30. The van der Waals surface area contributed by atoms with Crippen LogP contribution in [0.4, 0.5) is 8.78 Å². The summed E-state index contributed by atoms with van der Waals surface area (Å²) >= 11 is 0. The number of likely N-dealkylation sites (N-methyl/N-ethyl adjacent to an activating group) is 1. The second-order valence-electron chi connectivity index (χ2n) is 7.45. The van der Waals surface area contributed by atoms with Crippen LogP contribution in [0.2, 0.25) is 0 Å². The van der Waals surface area contributed by atoms with E-state index in [0.29, 0.717) is 18.7 Å². The number of likely N-dealkylation sites (tertiary alicyclic amines) is 1. The van der Waals surface area contributed by atoms with Gasteiger partial charge in [0.1, 0.15) is 11.6 Å². The van der Waals surface area contributed by atoms with Gasteiger partial charge in [-0.3, -0.25) is 9.79 Å². The maximum atomic E-state index is 13.3. The second-order valence-corrected chi connectivity index (χ2v) is 7.45. The summed E-state index contributed by atoms with van der Waals surface area (Å²) in [6, 6.07) is 12.1. The molecule has 2 unspecified atom stereocenters. The van der Waals surface area contributed by atoms with Crippen molar-refractivity contribution in [2.24, 2.45) is 15.7 Å². The molecule has 8 heteroatoms. The first-order valence-electron chi connectivity index (χ1n) is 9.58. The number of halogens is 2. The van der Waals surface area contributed by atoms with E-state index >= 15 is 0 Å². The highest BCUT2D eigenvalue weighted by Gasteiger charge is 2.38. The number of carbonyl (C=O) groups is 1. The summed E-state index contributed by atoms with van der Waals surface area (Å²) in [5.41, 5.74) is 7.53. The Labute approximate surface area is 174 Å². The number of aliphatic imine (C=N–C) groups is 2. The molecule has 1 fully saturated rings. The molecule has 0 bridgehead atoms. The molecule has 0 spiro atoms. The number of amides is 1. The molecular weight excluding hydrogens is 388 g/mol. The number of hydrogen-bond donors (Lipinski definition) is 1. The Morgan fingerprint density at radius 1 is 1.03 bits per heavy atom. The molecule has 1 aliphatic rings. The second kappa shape index (κ2) is 9.13. The minimum Gasteiger partial charge on any atom is -0.379 e. The maximum absolute atomic E-state index is 13.3. The van der Waals surface area contributed by atoms with Gasteiger partial charge in [0, 0.05) is 37.7 Å². The first-order chi connectivity index (χ1) is 14.3. The zero-order chi connectivity index (χ0) is 21.8. The molecule has 0 aromatic heterocycles. The smallest absolute Gasteiger partial charge is 0.289 e. The van der Waals surface area contributed by atoms with E-state index in [2.05, 4.69) is 9.98 Å². The third-order valence-corrected chi connectivity index (χ3v) is 5.30. The molecule has 2 N–H and O–H groups in total. The Morgan fingerprint density at radius 3 is 2.13 bits per heavy atom. The van der Waals surface area contributed by atoms with Gasteiger partial charge in [-0.05, 0) is 56.1 Å². The fourth-order valence-electron chi connectivity index (χ4n) is 3.68. The lowest BCUT2D eigenvalue weighted by Gasteiger charge is -2.25. The van der Waals surface area contributed by atoms with Gasteiger partial charge in [-0.15, -0.1) is 0 Å². The SMILES string of the molecule is CN=C(N=C(N)C(=O)N1CC(c2ccc(F)cc2)C(N(C)C)C1)c1ccc(F)cc1. The van der Waals surface area contributed by atoms with Crippen molar-refractivity contribution in [1.82, 2.24) is 9.80 Å². The summed E-state index contributed by atoms with van der Waals surface area (Å²) in [4.78, 5) is 24.9. The van der Waals surface area contributed by atoms with Crippen LogP contribution in [-0.4, -0.2) is 67.7 Å². The molecular formula is C22H25F2N5O. The van der Waals surface area contributed by atoms with Gasteiger partial charge in [0.05, 0.1) is 0 Å². The zero-order valence-electron chi connectivity index (χ0n) is 17.2. The number of nitrogens with two attached hydrogens (primary N) is 1. The van der Waals surface area contributed by atoms with Gasteiger partial charge in [-0.25, -0.2) is 13.8 Å². The summed E-state index contributed by atoms with van der Waals surface area (Å²) < 4.78 is 26.5. The van der Waals surface area contributed by atoms with Crippen molar-refractivity contribution in [2.45, 2.75) is 12.0 Å². The number of rotatable bonds is 3. The van der Waals surface area contributed by atoms with Crippen LogP contribution in [0.5, 0.6) is 0 Å². The van der Waals surface area contributed by atoms with Crippen molar-refractivity contribution in [2.75, 3.05) is 34.2 Å². The molecule has 2 atom stereocenters. The minimum atomic E-state index is -0.394. The summed E-state index contributed by atoms with van der Waals surface area (Å²) in [6.45, 7) is 0.915. The Kier molecular flexibility index (Phi) is 6.56. The van der Waals surface area contributed by atoms with Crippen LogP contribution in [0.25, 0.3) is 0 Å². The minimum absolute atomic E-state index is 0.0220. The number of nitrogens with zero attached hydrogens (tertiary/aromatic N) is 4. The predicted octanol–water partition coefficient (Wildman–Crippen LogP) is 2.25. The van der Waals surface area contributed by atoms with E-state index in [9.17, 15) is 13.6 Å². The Bertz CT molecular complexity index is 954. The Hall–Kier alpha value is -3.13. The van der Waals surface area contributed by atoms with Gasteiger partial charge in [-0.2, -0.15) is 0 Å². The topological polar surface area (TPSA) is 74.3 Å². The third kappa shape index (κ3) is 4.71. The standard InChI is InChI=1S/C22H25F2N5O/c1-26-21(15-6-10-17(24)11-7-15)27-20(25)22(30)29-12-18(19(13-29)28(2)3)14-4-8-16(23)9-5-14/h4-11,18-19H,12-13H2,1-3H3,(H2,25,26,27). The number of amidine groups is 2. The molecule has 1 amide bonds. The molecule has 1 heterocycles. The highest BCUT2D eigenvalue weighted by atomic mass is 19.1. The fourth-order valence-corrected chi connectivity index (χ4v) is 3.68. The molecule has 1 saturated heterocycles. The van der Waals surface area contributed by atoms with Gasteiger partial charge >= 0.3 is 0 Å². The highest BCUT2D eigenvalue weighted by Crippen LogP contribution is 2.30. The van der Waals surface area contributed by atoms with Crippen LogP contribution in [0, 0.1) is 11.6 Å². The van der Waals surface area contributed by atoms with E-state index in [-0.39, 0.29) is 35.3 Å². The Balaban J connectivity index is 1.80. The van der Waals surface area contributed by atoms with E-state index in [1.165, 1.54) is 43.4 Å². The van der Waals surface area contributed by atoms with Crippen molar-refractivity contribution in [3.8, 4) is 0 Å². The van der Waals surface area contributed by atoms with E-state index in [1.54, 1.807) is 17.0 Å². The molecule has 0 aliphatic carbocycles. The average Bonchev–Trinajstić information content (AvgIpc) is 3.18. The molecule has 2 aromatic carbocycles. The number of benzene rings is 2. The molecule has 30 heavy (non-hydrogen) atoms. The average molecular weight is 413 g/mol. The van der Waals surface area contributed by atoms with Crippen LogP contribution in [0.3, 0.4) is 0 Å². The van der Waals surface area contributed by atoms with Crippen molar-refractivity contribution in [3.63, 3.8) is 0 Å². The van der Waals surface area contributed by atoms with Crippen LogP contribution >= 0.6 is 0 Å². The van der Waals surface area contributed by atoms with Crippen LogP contribution in [0.15, 0.2) is 58.5 Å². The summed E-state index contributed by atoms with van der Waals surface area (Å²) in [6.07, 6.45) is 0. The maximum Gasteiger partial charge on any atom is 0.289 e. The molecule has 2 aromatic rings. The van der Waals surface area contributed by atoms with Gasteiger partial charge in [0.25, 0.3) is 5.91 Å². The summed E-state index contributed by atoms with van der Waals surface area (Å²) in [5, 5.41) is 0. The van der Waals surface area contributed by atoms with Gasteiger partial charge in [0.2, 0.25) is 0 Å². The molecule has 3 rings (SSSR count). The zero-order valence-corrected chi connectivity index (χ0v) is 17.2. The van der Waals surface area contributed by atoms with E-state index in [0.717, 1.165) is 5.56 Å². The van der Waals surface area contributed by atoms with Crippen LogP contribution < -0.4 is 5.73 Å². The molecule has 1 aliphatic heterocycles. The largest absolute Gasteiger partial charge is 0.379 e. The lowest BCUT2D eigenvalue weighted by atomic mass is 9.94. The molecule has 0 radical (unpaired) electrons. The molecule has 158 valence electrons. The van der Waals surface area contributed by atoms with Crippen molar-refractivity contribution < 1.29 is 13.6 Å². The van der Waals surface area contributed by atoms with Gasteiger partial charge < -0.3 is 15.5 Å². The van der Waals surface area contributed by atoms with Gasteiger partial charge in [-0.1, -0.05) is 12.1 Å². The van der Waals surface area contributed by atoms with Crippen molar-refractivity contribution >= 4 is 17.6 Å². The highest BCUT2D eigenvalue weighted by molar-refractivity contribution is 6.39. The first-order valence-corrected chi connectivity index (χ1v) is 9.58. The predicted molar refractivity (Wildman–Crippen MR) is 114 cm³/mol. The number of hydrogen-bond acceptors (Lipinski definition) is 3. The summed E-state index contributed by atoms with van der Waals surface area (Å²) in [7, 11) is 5.43. The van der Waals surface area contributed by atoms with Crippen molar-refractivity contribution in [1.29, 1.82) is 0 Å². The first kappa shape index (κ1) is 21.6. The normalized spacial score (nSPS) is 20.1. The lowest BCUT2D eigenvalue weighted by molar-refractivity contribution is -0.123. The Morgan fingerprint density at radius 2 is 1.60 bits per heavy atom. The number of carbonyl (C=O) groups excluding carboxylic acids is 1. The molecule has 6 nitrogen and oxygen atoms in total. The van der Waals surface area contributed by atoms with E-state index < -0.39 is 5.91 Å². The van der Waals surface area contributed by atoms with Crippen LogP contribution in [-0.2, 0) is 4.79 Å². The quantitative estimate of drug-likeness (QED) is 0.620. The summed E-state index contributed by atoms with van der Waals surface area (Å²) in [5.74, 6) is -0.976. The van der Waals surface area contributed by atoms with Crippen molar-refractivity contribution in [3.05, 3.63) is 71.3 Å². The monoisotopic (exact) mass is 413 g/mol. The van der Waals surface area contributed by atoms with E-state index in [4.69, 9.17) is 5.73 Å². The van der Waals surface area contributed by atoms with Gasteiger partial charge in [0.15, 0.2) is 11.7 Å². The van der Waals surface area contributed by atoms with Crippen LogP contribution in [0.1, 0.15) is 17.0 Å². The fraction of sp³-hybridized carbons (Fsp3) is 0.318. The lowest BCUT2D eigenvalue weighted by Crippen LogP contribution is -2.41.